The van der Waals surface area contributed by atoms with Gasteiger partial charge < -0.3 is 4.90 Å². The van der Waals surface area contributed by atoms with Gasteiger partial charge in [-0.05, 0) is 44.1 Å². The summed E-state index contributed by atoms with van der Waals surface area (Å²) in [6, 6.07) is 0.876. The van der Waals surface area contributed by atoms with Gasteiger partial charge in [-0.25, -0.2) is 0 Å². The number of hydrogen-bond donors (Lipinski definition) is 0. The zero-order valence-electron chi connectivity index (χ0n) is 11.4. The monoisotopic (exact) mass is 233 g/mol. The molecule has 1 saturated carbocycles. The van der Waals surface area contributed by atoms with Gasteiger partial charge in [0, 0.05) is 24.7 Å². The predicted molar refractivity (Wildman–Crippen MR) is 72.9 cm³/mol. The number of hydrogen-bond acceptors (Lipinski definition) is 1. The number of nitrogens with zero attached hydrogens (tertiary/aromatic N) is 1. The molecule has 0 radical (unpaired) electrons. The molecule has 2 unspecified atom stereocenters. The van der Waals surface area contributed by atoms with E-state index in [1.165, 1.54) is 70.6 Å². The first kappa shape index (κ1) is 11.6. The van der Waals surface area contributed by atoms with Gasteiger partial charge in [0.1, 0.15) is 0 Å². The number of allylic oxidation sites excluding steroid dienone is 1. The minimum absolute atomic E-state index is 0.876. The molecule has 96 valence electrons. The average Bonchev–Trinajstić information content (AvgIpc) is 2.49. The predicted octanol–water partition coefficient (Wildman–Crippen LogP) is 4.49. The Kier molecular flexibility index (Phi) is 3.44. The Labute approximate surface area is 106 Å². The summed E-state index contributed by atoms with van der Waals surface area (Å²) in [6.45, 7) is 0. The van der Waals surface area contributed by atoms with E-state index in [2.05, 4.69) is 11.9 Å². The molecule has 0 aromatic heterocycles. The van der Waals surface area contributed by atoms with Gasteiger partial charge in [-0.2, -0.15) is 0 Å². The van der Waals surface area contributed by atoms with Crippen molar-refractivity contribution in [2.75, 3.05) is 7.05 Å². The highest BCUT2D eigenvalue weighted by Gasteiger charge is 2.38. The summed E-state index contributed by atoms with van der Waals surface area (Å²) in [4.78, 5) is 2.69. The number of rotatable bonds is 0. The molecule has 0 aromatic rings. The van der Waals surface area contributed by atoms with Crippen LogP contribution in [0.15, 0.2) is 11.3 Å². The van der Waals surface area contributed by atoms with E-state index in [0.717, 1.165) is 12.0 Å². The van der Waals surface area contributed by atoms with Crippen molar-refractivity contribution in [1.29, 1.82) is 0 Å². The Morgan fingerprint density at radius 3 is 2.41 bits per heavy atom. The Balaban J connectivity index is 1.86. The third-order valence-electron chi connectivity index (χ3n) is 5.33. The Bertz CT molecular complexity index is 305. The maximum absolute atomic E-state index is 2.69. The van der Waals surface area contributed by atoms with E-state index in [1.54, 1.807) is 5.70 Å². The molecule has 1 heterocycles. The lowest BCUT2D eigenvalue weighted by molar-refractivity contribution is 0.261. The third-order valence-corrected chi connectivity index (χ3v) is 5.33. The van der Waals surface area contributed by atoms with Crippen molar-refractivity contribution in [3.63, 3.8) is 0 Å². The molecule has 3 aliphatic rings. The molecule has 0 amide bonds. The van der Waals surface area contributed by atoms with Gasteiger partial charge in [0.05, 0.1) is 0 Å². The van der Waals surface area contributed by atoms with Crippen LogP contribution in [0.4, 0.5) is 0 Å². The van der Waals surface area contributed by atoms with Crippen molar-refractivity contribution >= 4 is 0 Å². The molecule has 17 heavy (non-hydrogen) atoms. The second kappa shape index (κ2) is 5.04. The molecule has 0 spiro atoms. The van der Waals surface area contributed by atoms with Crippen LogP contribution >= 0.6 is 0 Å². The van der Waals surface area contributed by atoms with E-state index >= 15 is 0 Å². The zero-order valence-corrected chi connectivity index (χ0v) is 11.4. The summed E-state index contributed by atoms with van der Waals surface area (Å²) in [5, 5.41) is 0. The van der Waals surface area contributed by atoms with Gasteiger partial charge >= 0.3 is 0 Å². The smallest absolute Gasteiger partial charge is 0.0349 e. The lowest BCUT2D eigenvalue weighted by Gasteiger charge is -2.27. The van der Waals surface area contributed by atoms with Crippen molar-refractivity contribution in [3.05, 3.63) is 11.3 Å². The fourth-order valence-corrected chi connectivity index (χ4v) is 4.43. The average molecular weight is 233 g/mol. The van der Waals surface area contributed by atoms with Crippen LogP contribution in [-0.2, 0) is 0 Å². The first-order chi connectivity index (χ1) is 8.38. The second-order valence-electron chi connectivity index (χ2n) is 6.31. The minimum atomic E-state index is 0.876. The van der Waals surface area contributed by atoms with E-state index in [-0.39, 0.29) is 0 Å². The van der Waals surface area contributed by atoms with Crippen LogP contribution in [0.1, 0.15) is 70.6 Å². The Morgan fingerprint density at radius 2 is 1.53 bits per heavy atom. The zero-order chi connectivity index (χ0) is 11.7. The van der Waals surface area contributed by atoms with Crippen molar-refractivity contribution in [2.24, 2.45) is 5.92 Å². The molecule has 0 aromatic carbocycles. The summed E-state index contributed by atoms with van der Waals surface area (Å²) in [5.41, 5.74) is 3.65. The van der Waals surface area contributed by atoms with Crippen LogP contribution in [0.25, 0.3) is 0 Å². The molecule has 1 fully saturated rings. The molecule has 1 aliphatic heterocycles. The fraction of sp³-hybridized carbons (Fsp3) is 0.875. The van der Waals surface area contributed by atoms with Crippen molar-refractivity contribution in [2.45, 2.75) is 76.7 Å². The minimum Gasteiger partial charge on any atom is -0.374 e. The van der Waals surface area contributed by atoms with E-state index in [9.17, 15) is 0 Å². The second-order valence-corrected chi connectivity index (χ2v) is 6.31. The van der Waals surface area contributed by atoms with Crippen molar-refractivity contribution in [1.82, 2.24) is 4.90 Å². The molecule has 1 nitrogen and oxygen atoms in total. The molecular formula is C16H27N. The highest BCUT2D eigenvalue weighted by atomic mass is 15.2. The van der Waals surface area contributed by atoms with E-state index in [1.807, 2.05) is 5.57 Å². The van der Waals surface area contributed by atoms with E-state index in [4.69, 9.17) is 0 Å². The third kappa shape index (κ3) is 2.13. The highest BCUT2D eigenvalue weighted by Crippen LogP contribution is 2.44. The molecule has 2 aliphatic carbocycles. The van der Waals surface area contributed by atoms with Gasteiger partial charge in [-0.3, -0.25) is 0 Å². The van der Waals surface area contributed by atoms with Crippen LogP contribution in [0.3, 0.4) is 0 Å². The summed E-state index contributed by atoms with van der Waals surface area (Å²) < 4.78 is 0. The van der Waals surface area contributed by atoms with Crippen LogP contribution in [0, 0.1) is 5.92 Å². The van der Waals surface area contributed by atoms with E-state index in [0.29, 0.717) is 0 Å². The van der Waals surface area contributed by atoms with Crippen molar-refractivity contribution < 1.29 is 0 Å². The van der Waals surface area contributed by atoms with Crippen LogP contribution < -0.4 is 0 Å². The quantitative estimate of drug-likeness (QED) is 0.596. The summed E-state index contributed by atoms with van der Waals surface area (Å²) in [7, 11) is 2.38. The van der Waals surface area contributed by atoms with Crippen molar-refractivity contribution in [3.8, 4) is 0 Å². The molecule has 0 saturated heterocycles. The largest absolute Gasteiger partial charge is 0.374 e. The topological polar surface area (TPSA) is 3.24 Å². The summed E-state index contributed by atoms with van der Waals surface area (Å²) in [6.07, 6.45) is 16.0. The molecule has 0 N–H and O–H groups in total. The first-order valence-electron chi connectivity index (χ1n) is 7.82. The molecule has 0 bridgehead atoms. The lowest BCUT2D eigenvalue weighted by atomic mass is 9.85. The standard InChI is InChI=1S/C16H27N/c1-17-15-11-7-3-2-5-9-13(15)14-10-6-4-8-12-16(14)17/h14,16H,2-12H2,1H3. The molecule has 2 atom stereocenters. The highest BCUT2D eigenvalue weighted by molar-refractivity contribution is 5.26. The van der Waals surface area contributed by atoms with E-state index < -0.39 is 0 Å². The Hall–Kier alpha value is -0.460. The van der Waals surface area contributed by atoms with Crippen LogP contribution in [0.5, 0.6) is 0 Å². The SMILES string of the molecule is CN1C2=C(CCCCCC2)C2CCCCCC21. The van der Waals surface area contributed by atoms with Gasteiger partial charge in [0.25, 0.3) is 0 Å². The maximum Gasteiger partial charge on any atom is 0.0349 e. The van der Waals surface area contributed by atoms with Gasteiger partial charge in [0.2, 0.25) is 0 Å². The fourth-order valence-electron chi connectivity index (χ4n) is 4.43. The lowest BCUT2D eigenvalue weighted by Crippen LogP contribution is -2.30. The van der Waals surface area contributed by atoms with Crippen LogP contribution in [-0.4, -0.2) is 18.0 Å². The van der Waals surface area contributed by atoms with Gasteiger partial charge in [-0.1, -0.05) is 32.1 Å². The molecule has 1 heteroatoms. The molecular weight excluding hydrogens is 206 g/mol. The summed E-state index contributed by atoms with van der Waals surface area (Å²) >= 11 is 0. The van der Waals surface area contributed by atoms with Crippen LogP contribution in [0.2, 0.25) is 0 Å². The first-order valence-corrected chi connectivity index (χ1v) is 7.82. The van der Waals surface area contributed by atoms with Gasteiger partial charge in [0.15, 0.2) is 0 Å². The Morgan fingerprint density at radius 1 is 0.824 bits per heavy atom. The number of fused-ring (bicyclic) bond motifs is 2. The summed E-state index contributed by atoms with van der Waals surface area (Å²) in [5.74, 6) is 0.940. The maximum atomic E-state index is 2.69. The normalized spacial score (nSPS) is 34.8. The van der Waals surface area contributed by atoms with Gasteiger partial charge in [-0.15, -0.1) is 0 Å². The molecule has 3 rings (SSSR count).